The van der Waals surface area contributed by atoms with Crippen LogP contribution in [-0.4, -0.2) is 16.5 Å². The van der Waals surface area contributed by atoms with Gasteiger partial charge in [0.25, 0.3) is 0 Å². The largest absolute Gasteiger partial charge is 0.295 e. The molecule has 1 aliphatic rings. The highest BCUT2D eigenvalue weighted by atomic mass is 35.5. The first-order chi connectivity index (χ1) is 6.20. The first kappa shape index (κ1) is 15.1. The number of hydrogen-bond acceptors (Lipinski definition) is 3. The molecule has 1 aliphatic heterocycles. The molecule has 0 amide bonds. The molecular formula is C9H18ClOPS2. The zero-order valence-electron chi connectivity index (χ0n) is 8.40. The molecule has 0 aliphatic carbocycles. The summed E-state index contributed by atoms with van der Waals surface area (Å²) >= 11 is 0. The third-order valence-electron chi connectivity index (χ3n) is 2.38. The SMILES string of the molecule is CC(CCCC1CCSS1)C(=O)P.Cl. The minimum atomic E-state index is 0. The number of hydrogen-bond donors (Lipinski definition) is 0. The predicted octanol–water partition coefficient (Wildman–Crippen LogP) is 3.77. The summed E-state index contributed by atoms with van der Waals surface area (Å²) in [5, 5.41) is 0.858. The van der Waals surface area contributed by atoms with Crippen LogP contribution in [0.4, 0.5) is 0 Å². The molecule has 0 spiro atoms. The first-order valence-corrected chi connectivity index (χ1v) is 7.73. The molecule has 0 aromatic heterocycles. The van der Waals surface area contributed by atoms with Crippen molar-refractivity contribution in [3.8, 4) is 0 Å². The lowest BCUT2D eigenvalue weighted by Gasteiger charge is -2.09. The van der Waals surface area contributed by atoms with Gasteiger partial charge in [-0.2, -0.15) is 0 Å². The van der Waals surface area contributed by atoms with E-state index in [2.05, 4.69) is 9.24 Å². The number of halogens is 1. The molecule has 1 fully saturated rings. The Morgan fingerprint density at radius 1 is 1.64 bits per heavy atom. The van der Waals surface area contributed by atoms with Crippen LogP contribution in [0.2, 0.25) is 0 Å². The van der Waals surface area contributed by atoms with Crippen molar-refractivity contribution in [2.24, 2.45) is 5.92 Å². The average Bonchev–Trinajstić information content (AvgIpc) is 2.56. The molecule has 0 aromatic carbocycles. The molecule has 0 aromatic rings. The Balaban J connectivity index is 0.00000169. The van der Waals surface area contributed by atoms with E-state index < -0.39 is 0 Å². The highest BCUT2D eigenvalue weighted by Crippen LogP contribution is 2.40. The normalized spacial score (nSPS) is 22.9. The van der Waals surface area contributed by atoms with Gasteiger partial charge in [0.15, 0.2) is 5.52 Å². The fraction of sp³-hybridized carbons (Fsp3) is 0.889. The van der Waals surface area contributed by atoms with Gasteiger partial charge in [0.05, 0.1) is 0 Å². The molecule has 3 unspecified atom stereocenters. The fourth-order valence-electron chi connectivity index (χ4n) is 1.36. The Morgan fingerprint density at radius 2 is 2.36 bits per heavy atom. The Morgan fingerprint density at radius 3 is 2.86 bits per heavy atom. The third-order valence-corrected chi connectivity index (χ3v) is 5.95. The van der Waals surface area contributed by atoms with Gasteiger partial charge in [-0.15, -0.1) is 12.4 Å². The topological polar surface area (TPSA) is 17.1 Å². The smallest absolute Gasteiger partial charge is 0.151 e. The maximum atomic E-state index is 10.9. The van der Waals surface area contributed by atoms with Gasteiger partial charge in [-0.3, -0.25) is 4.79 Å². The van der Waals surface area contributed by atoms with Crippen molar-refractivity contribution in [2.45, 2.75) is 37.9 Å². The van der Waals surface area contributed by atoms with Gasteiger partial charge in [0.2, 0.25) is 0 Å². The summed E-state index contributed by atoms with van der Waals surface area (Å²) in [5.74, 6) is 1.55. The van der Waals surface area contributed by atoms with Crippen molar-refractivity contribution in [1.29, 1.82) is 0 Å². The average molecular weight is 273 g/mol. The Kier molecular flexibility index (Phi) is 8.91. The molecule has 3 atom stereocenters. The Labute approximate surface area is 103 Å². The molecule has 1 heterocycles. The van der Waals surface area contributed by atoms with Crippen molar-refractivity contribution in [2.75, 3.05) is 5.75 Å². The van der Waals surface area contributed by atoms with E-state index in [0.717, 1.165) is 11.7 Å². The summed E-state index contributed by atoms with van der Waals surface area (Å²) in [6.45, 7) is 2.02. The molecule has 0 radical (unpaired) electrons. The van der Waals surface area contributed by atoms with Crippen molar-refractivity contribution in [3.05, 3.63) is 0 Å². The zero-order chi connectivity index (χ0) is 9.68. The zero-order valence-corrected chi connectivity index (χ0v) is 12.0. The minimum absolute atomic E-state index is 0. The number of rotatable bonds is 5. The van der Waals surface area contributed by atoms with Crippen molar-refractivity contribution in [1.82, 2.24) is 0 Å². The Bertz CT molecular complexity index is 174. The van der Waals surface area contributed by atoms with E-state index in [-0.39, 0.29) is 23.8 Å². The lowest BCUT2D eigenvalue weighted by Crippen LogP contribution is -2.05. The minimum Gasteiger partial charge on any atom is -0.295 e. The summed E-state index contributed by atoms with van der Waals surface area (Å²) in [7, 11) is 6.30. The van der Waals surface area contributed by atoms with E-state index in [9.17, 15) is 4.79 Å². The van der Waals surface area contributed by atoms with E-state index in [1.165, 1.54) is 25.0 Å². The van der Waals surface area contributed by atoms with Crippen LogP contribution in [0.25, 0.3) is 0 Å². The van der Waals surface area contributed by atoms with E-state index in [4.69, 9.17) is 0 Å². The fourth-order valence-corrected chi connectivity index (χ4v) is 4.55. The van der Waals surface area contributed by atoms with Gasteiger partial charge in [-0.05, 0) is 19.3 Å². The van der Waals surface area contributed by atoms with Gasteiger partial charge in [-0.1, -0.05) is 44.2 Å². The van der Waals surface area contributed by atoms with Gasteiger partial charge in [0, 0.05) is 16.9 Å². The molecule has 1 rings (SSSR count). The van der Waals surface area contributed by atoms with Crippen LogP contribution < -0.4 is 0 Å². The monoisotopic (exact) mass is 272 g/mol. The molecule has 0 saturated carbocycles. The maximum absolute atomic E-state index is 10.9. The summed E-state index contributed by atoms with van der Waals surface area (Å²) < 4.78 is 0. The highest BCUT2D eigenvalue weighted by Gasteiger charge is 2.16. The van der Waals surface area contributed by atoms with Gasteiger partial charge in [0.1, 0.15) is 0 Å². The van der Waals surface area contributed by atoms with Crippen molar-refractivity contribution >= 4 is 48.8 Å². The summed E-state index contributed by atoms with van der Waals surface area (Å²) in [6.07, 6.45) is 4.92. The molecule has 14 heavy (non-hydrogen) atoms. The lowest BCUT2D eigenvalue weighted by molar-refractivity contribution is -0.114. The summed E-state index contributed by atoms with van der Waals surface area (Å²) in [6, 6.07) is 0. The van der Waals surface area contributed by atoms with E-state index in [1.807, 2.05) is 28.5 Å². The van der Waals surface area contributed by atoms with Crippen molar-refractivity contribution in [3.63, 3.8) is 0 Å². The second-order valence-electron chi connectivity index (χ2n) is 3.56. The van der Waals surface area contributed by atoms with E-state index in [0.29, 0.717) is 0 Å². The van der Waals surface area contributed by atoms with Crippen LogP contribution >= 0.6 is 43.2 Å². The summed E-state index contributed by atoms with van der Waals surface area (Å²) in [4.78, 5) is 10.9. The quantitative estimate of drug-likeness (QED) is 0.560. The second kappa shape index (κ2) is 8.27. The van der Waals surface area contributed by atoms with Crippen LogP contribution in [0, 0.1) is 5.92 Å². The molecule has 0 bridgehead atoms. The number of carbonyl (C=O) groups is 1. The third kappa shape index (κ3) is 5.85. The van der Waals surface area contributed by atoms with Gasteiger partial charge in [-0.25, -0.2) is 0 Å². The first-order valence-electron chi connectivity index (χ1n) is 4.77. The second-order valence-corrected chi connectivity index (χ2v) is 6.92. The van der Waals surface area contributed by atoms with E-state index >= 15 is 0 Å². The molecule has 0 N–H and O–H groups in total. The molecule has 1 saturated heterocycles. The van der Waals surface area contributed by atoms with Crippen LogP contribution in [0.1, 0.15) is 32.6 Å². The molecule has 1 nitrogen and oxygen atoms in total. The molecule has 5 heteroatoms. The van der Waals surface area contributed by atoms with Crippen LogP contribution in [0.15, 0.2) is 0 Å². The molecule has 84 valence electrons. The van der Waals surface area contributed by atoms with Crippen LogP contribution in [-0.2, 0) is 4.79 Å². The van der Waals surface area contributed by atoms with Crippen LogP contribution in [0.5, 0.6) is 0 Å². The molecular weight excluding hydrogens is 255 g/mol. The lowest BCUT2D eigenvalue weighted by atomic mass is 10.0. The van der Waals surface area contributed by atoms with E-state index in [1.54, 1.807) is 0 Å². The predicted molar refractivity (Wildman–Crippen MR) is 73.4 cm³/mol. The van der Waals surface area contributed by atoms with Crippen LogP contribution in [0.3, 0.4) is 0 Å². The number of carbonyl (C=O) groups excluding carboxylic acids is 1. The highest BCUT2D eigenvalue weighted by molar-refractivity contribution is 8.77. The Hall–Kier alpha value is 1.09. The van der Waals surface area contributed by atoms with Gasteiger partial charge < -0.3 is 0 Å². The summed E-state index contributed by atoms with van der Waals surface area (Å²) in [5.41, 5.74) is 0.258. The van der Waals surface area contributed by atoms with Gasteiger partial charge >= 0.3 is 0 Å². The standard InChI is InChI=1S/C9H17OPS2.ClH/c1-7(9(10)11)3-2-4-8-5-6-12-13-8;/h7-8H,2-6,11H2,1H3;1H. The maximum Gasteiger partial charge on any atom is 0.151 e. The van der Waals surface area contributed by atoms with Crippen molar-refractivity contribution < 1.29 is 4.79 Å².